The number of nitrogens with zero attached hydrogens (tertiary/aromatic N) is 4. The summed E-state index contributed by atoms with van der Waals surface area (Å²) in [6.45, 7) is 6.16. The summed E-state index contributed by atoms with van der Waals surface area (Å²) in [5.41, 5.74) is 3.49. The molecule has 1 saturated carbocycles. The molecule has 2 aromatic rings. The number of carbonyl (C=O) groups excluding carboxylic acids is 1. The monoisotopic (exact) mass is 412 g/mol. The standard InChI is InChI=1S/C23H32N4O3/c1-4-20-23(16(2)25-30-20)19-11-7-10-18(24-19)21-14-27(12-13-29-21)22(28)15-26(3)17-8-5-6-9-17/h7,10-11,17,21H,4-6,8-9,12-15H2,1-3H3. The molecule has 0 bridgehead atoms. The SMILES string of the molecule is CCc1onc(C)c1-c1cccc(C2CN(C(=O)CN(C)C3CCCC3)CCO2)n1. The zero-order valence-electron chi connectivity index (χ0n) is 18.3. The quantitative estimate of drug-likeness (QED) is 0.724. The molecule has 0 radical (unpaired) electrons. The third kappa shape index (κ3) is 4.42. The lowest BCUT2D eigenvalue weighted by Gasteiger charge is -2.34. The van der Waals surface area contributed by atoms with Gasteiger partial charge in [-0.3, -0.25) is 9.69 Å². The Bertz CT molecular complexity index is 875. The molecule has 2 aliphatic rings. The van der Waals surface area contributed by atoms with E-state index in [1.54, 1.807) is 0 Å². The number of carbonyl (C=O) groups is 1. The van der Waals surface area contributed by atoms with Crippen LogP contribution in [0.15, 0.2) is 22.7 Å². The van der Waals surface area contributed by atoms with Crippen molar-refractivity contribution in [1.29, 1.82) is 0 Å². The summed E-state index contributed by atoms with van der Waals surface area (Å²) in [6.07, 6.45) is 5.50. The van der Waals surface area contributed by atoms with Crippen LogP contribution < -0.4 is 0 Å². The highest BCUT2D eigenvalue weighted by molar-refractivity contribution is 5.78. The zero-order chi connectivity index (χ0) is 21.1. The molecule has 0 N–H and O–H groups in total. The van der Waals surface area contributed by atoms with Crippen LogP contribution in [0.3, 0.4) is 0 Å². The van der Waals surface area contributed by atoms with Crippen LogP contribution in [0.25, 0.3) is 11.3 Å². The molecule has 1 atom stereocenters. The maximum atomic E-state index is 12.9. The molecule has 7 nitrogen and oxygen atoms in total. The first-order valence-corrected chi connectivity index (χ1v) is 11.1. The van der Waals surface area contributed by atoms with Crippen molar-refractivity contribution < 1.29 is 14.1 Å². The molecule has 2 fully saturated rings. The second-order valence-electron chi connectivity index (χ2n) is 8.42. The summed E-state index contributed by atoms with van der Waals surface area (Å²) < 4.78 is 11.4. The van der Waals surface area contributed by atoms with Gasteiger partial charge in [-0.2, -0.15) is 0 Å². The first-order valence-electron chi connectivity index (χ1n) is 11.1. The van der Waals surface area contributed by atoms with Gasteiger partial charge in [-0.25, -0.2) is 4.98 Å². The van der Waals surface area contributed by atoms with Gasteiger partial charge in [0.2, 0.25) is 5.91 Å². The van der Waals surface area contributed by atoms with Crippen molar-refractivity contribution in [2.45, 2.75) is 58.1 Å². The Morgan fingerprint density at radius 2 is 2.10 bits per heavy atom. The van der Waals surface area contributed by atoms with Gasteiger partial charge in [0.1, 0.15) is 11.9 Å². The maximum absolute atomic E-state index is 12.9. The molecule has 1 saturated heterocycles. The minimum atomic E-state index is -0.218. The molecule has 30 heavy (non-hydrogen) atoms. The van der Waals surface area contributed by atoms with E-state index in [1.165, 1.54) is 25.7 Å². The fourth-order valence-corrected chi connectivity index (χ4v) is 4.60. The van der Waals surface area contributed by atoms with E-state index < -0.39 is 0 Å². The topological polar surface area (TPSA) is 71.7 Å². The average molecular weight is 413 g/mol. The third-order valence-electron chi connectivity index (χ3n) is 6.36. The molecule has 1 aliphatic heterocycles. The smallest absolute Gasteiger partial charge is 0.236 e. The summed E-state index contributed by atoms with van der Waals surface area (Å²) in [6, 6.07) is 6.48. The number of likely N-dealkylation sites (N-methyl/N-ethyl adjacent to an activating group) is 1. The summed E-state index contributed by atoms with van der Waals surface area (Å²) in [4.78, 5) is 21.9. The fourth-order valence-electron chi connectivity index (χ4n) is 4.60. The molecular weight excluding hydrogens is 380 g/mol. The lowest BCUT2D eigenvalue weighted by atomic mass is 10.1. The molecule has 2 aromatic heterocycles. The van der Waals surface area contributed by atoms with E-state index in [9.17, 15) is 4.79 Å². The van der Waals surface area contributed by atoms with Crippen LogP contribution in [0.1, 0.15) is 55.9 Å². The molecular formula is C23H32N4O3. The average Bonchev–Trinajstić information content (AvgIpc) is 3.43. The third-order valence-corrected chi connectivity index (χ3v) is 6.36. The van der Waals surface area contributed by atoms with Crippen molar-refractivity contribution in [2.24, 2.45) is 0 Å². The normalized spacial score (nSPS) is 20.3. The molecule has 1 unspecified atom stereocenters. The lowest BCUT2D eigenvalue weighted by molar-refractivity contribution is -0.140. The van der Waals surface area contributed by atoms with E-state index in [0.29, 0.717) is 32.3 Å². The summed E-state index contributed by atoms with van der Waals surface area (Å²) >= 11 is 0. The van der Waals surface area contributed by atoms with Gasteiger partial charge in [-0.15, -0.1) is 0 Å². The minimum absolute atomic E-state index is 0.178. The highest BCUT2D eigenvalue weighted by atomic mass is 16.5. The number of amides is 1. The second kappa shape index (κ2) is 9.27. The maximum Gasteiger partial charge on any atom is 0.236 e. The Balaban J connectivity index is 1.45. The Morgan fingerprint density at radius 1 is 1.30 bits per heavy atom. The predicted octanol–water partition coefficient (Wildman–Crippen LogP) is 3.38. The Kier molecular flexibility index (Phi) is 6.49. The van der Waals surface area contributed by atoms with Crippen LogP contribution in [0.5, 0.6) is 0 Å². The summed E-state index contributed by atoms with van der Waals surface area (Å²) in [5, 5.41) is 4.10. The van der Waals surface area contributed by atoms with E-state index in [2.05, 4.69) is 17.1 Å². The highest BCUT2D eigenvalue weighted by Crippen LogP contribution is 2.29. The summed E-state index contributed by atoms with van der Waals surface area (Å²) in [5.74, 6) is 1.02. The molecule has 7 heteroatoms. The van der Waals surface area contributed by atoms with E-state index in [4.69, 9.17) is 14.2 Å². The van der Waals surface area contributed by atoms with Crippen molar-refractivity contribution in [1.82, 2.24) is 19.9 Å². The number of hydrogen-bond donors (Lipinski definition) is 0. The predicted molar refractivity (Wildman–Crippen MR) is 114 cm³/mol. The molecule has 4 rings (SSSR count). The number of rotatable bonds is 6. The van der Waals surface area contributed by atoms with Gasteiger partial charge in [0, 0.05) is 19.0 Å². The Labute approximate surface area is 178 Å². The van der Waals surface area contributed by atoms with Crippen molar-refractivity contribution in [2.75, 3.05) is 33.3 Å². The number of pyridine rings is 1. The Hall–Kier alpha value is -2.25. The molecule has 1 amide bonds. The van der Waals surface area contributed by atoms with Gasteiger partial charge >= 0.3 is 0 Å². The van der Waals surface area contributed by atoms with Crippen LogP contribution >= 0.6 is 0 Å². The van der Waals surface area contributed by atoms with Crippen LogP contribution in [-0.4, -0.2) is 65.2 Å². The van der Waals surface area contributed by atoms with E-state index in [1.807, 2.05) is 36.9 Å². The van der Waals surface area contributed by atoms with Gasteiger partial charge < -0.3 is 14.2 Å². The zero-order valence-corrected chi connectivity index (χ0v) is 18.3. The molecule has 0 aromatic carbocycles. The van der Waals surface area contributed by atoms with Gasteiger partial charge in [0.05, 0.1) is 42.3 Å². The van der Waals surface area contributed by atoms with Crippen molar-refractivity contribution in [3.05, 3.63) is 35.3 Å². The molecule has 0 spiro atoms. The van der Waals surface area contributed by atoms with E-state index in [0.717, 1.165) is 34.8 Å². The van der Waals surface area contributed by atoms with Crippen LogP contribution in [0.2, 0.25) is 0 Å². The van der Waals surface area contributed by atoms with Gasteiger partial charge in [-0.1, -0.05) is 31.0 Å². The fraction of sp³-hybridized carbons (Fsp3) is 0.609. The summed E-state index contributed by atoms with van der Waals surface area (Å²) in [7, 11) is 2.07. The molecule has 3 heterocycles. The van der Waals surface area contributed by atoms with Gasteiger partial charge in [0.25, 0.3) is 0 Å². The number of aryl methyl sites for hydroxylation is 2. The van der Waals surface area contributed by atoms with E-state index in [-0.39, 0.29) is 12.0 Å². The highest BCUT2D eigenvalue weighted by Gasteiger charge is 2.29. The minimum Gasteiger partial charge on any atom is -0.368 e. The number of aromatic nitrogens is 2. The lowest BCUT2D eigenvalue weighted by Crippen LogP contribution is -2.47. The van der Waals surface area contributed by atoms with Gasteiger partial charge in [0.15, 0.2) is 0 Å². The van der Waals surface area contributed by atoms with Gasteiger partial charge in [-0.05, 0) is 38.9 Å². The number of hydrogen-bond acceptors (Lipinski definition) is 6. The number of ether oxygens (including phenoxy) is 1. The first kappa shape index (κ1) is 21.0. The molecule has 1 aliphatic carbocycles. The molecule has 162 valence electrons. The Morgan fingerprint density at radius 3 is 2.87 bits per heavy atom. The van der Waals surface area contributed by atoms with Crippen molar-refractivity contribution >= 4 is 5.91 Å². The van der Waals surface area contributed by atoms with Crippen molar-refractivity contribution in [3.8, 4) is 11.3 Å². The second-order valence-corrected chi connectivity index (χ2v) is 8.42. The largest absolute Gasteiger partial charge is 0.368 e. The first-order chi connectivity index (χ1) is 14.6. The van der Waals surface area contributed by atoms with Crippen LogP contribution in [0, 0.1) is 6.92 Å². The van der Waals surface area contributed by atoms with Crippen LogP contribution in [-0.2, 0) is 16.0 Å². The van der Waals surface area contributed by atoms with Crippen molar-refractivity contribution in [3.63, 3.8) is 0 Å². The number of morpholine rings is 1. The van der Waals surface area contributed by atoms with E-state index >= 15 is 0 Å². The van der Waals surface area contributed by atoms with Crippen LogP contribution in [0.4, 0.5) is 0 Å².